The molecule has 6 rings (SSSR count). The van der Waals surface area contributed by atoms with Gasteiger partial charge < -0.3 is 14.4 Å². The second kappa shape index (κ2) is 11.2. The minimum absolute atomic E-state index is 0.145. The third-order valence-corrected chi connectivity index (χ3v) is 7.59. The minimum atomic E-state index is -0.218. The van der Waals surface area contributed by atoms with E-state index in [9.17, 15) is 4.79 Å². The van der Waals surface area contributed by atoms with Gasteiger partial charge in [-0.05, 0) is 41.8 Å². The first-order chi connectivity index (χ1) is 19.1. The van der Waals surface area contributed by atoms with Crippen LogP contribution in [0.3, 0.4) is 0 Å². The van der Waals surface area contributed by atoms with Gasteiger partial charge in [0.05, 0.1) is 49.3 Å². The van der Waals surface area contributed by atoms with Gasteiger partial charge in [-0.15, -0.1) is 0 Å². The zero-order chi connectivity index (χ0) is 26.8. The number of morpholine rings is 2. The summed E-state index contributed by atoms with van der Waals surface area (Å²) in [6.07, 6.45) is 2.51. The Bertz CT molecular complexity index is 1500. The Kier molecular flexibility index (Phi) is 7.32. The third-order valence-electron chi connectivity index (χ3n) is 7.59. The van der Waals surface area contributed by atoms with Crippen molar-refractivity contribution in [2.24, 2.45) is 0 Å². The first-order valence-corrected chi connectivity index (χ1v) is 13.4. The summed E-state index contributed by atoms with van der Waals surface area (Å²) in [6, 6.07) is 17.4. The number of aryl methyl sites for hydroxylation is 1. The molecule has 0 aliphatic carbocycles. The second-order valence-corrected chi connectivity index (χ2v) is 10.2. The van der Waals surface area contributed by atoms with Crippen molar-refractivity contribution in [1.82, 2.24) is 19.8 Å². The number of para-hydroxylation sites is 1. The number of benzene rings is 3. The first-order valence-electron chi connectivity index (χ1n) is 13.4. The van der Waals surface area contributed by atoms with Gasteiger partial charge in [-0.1, -0.05) is 36.4 Å². The molecule has 0 spiro atoms. The average Bonchev–Trinajstić information content (AvgIpc) is 2.98. The first kappa shape index (κ1) is 25.6. The highest BCUT2D eigenvalue weighted by Crippen LogP contribution is 2.32. The van der Waals surface area contributed by atoms with Crippen molar-refractivity contribution in [2.75, 3.05) is 46.0 Å². The molecule has 4 aromatic rings. The Morgan fingerprint density at radius 3 is 2.67 bits per heavy atom. The van der Waals surface area contributed by atoms with E-state index < -0.39 is 0 Å². The smallest absolute Gasteiger partial charge is 0.209 e. The van der Waals surface area contributed by atoms with Gasteiger partial charge in [0.25, 0.3) is 0 Å². The van der Waals surface area contributed by atoms with Crippen molar-refractivity contribution in [3.05, 3.63) is 83.3 Å². The highest BCUT2D eigenvalue weighted by atomic mass is 19.1. The van der Waals surface area contributed by atoms with Crippen molar-refractivity contribution in [1.29, 1.82) is 0 Å². The zero-order valence-electron chi connectivity index (χ0n) is 22.0. The maximum Gasteiger partial charge on any atom is 0.209 e. The molecule has 1 unspecified atom stereocenters. The Morgan fingerprint density at radius 2 is 1.87 bits per heavy atom. The lowest BCUT2D eigenvalue weighted by atomic mass is 9.98. The van der Waals surface area contributed by atoms with Crippen molar-refractivity contribution in [2.45, 2.75) is 19.6 Å². The van der Waals surface area contributed by atoms with Gasteiger partial charge in [0.2, 0.25) is 6.41 Å². The van der Waals surface area contributed by atoms with Crippen LogP contribution in [-0.4, -0.2) is 72.2 Å². The standard InChI is InChI=1S/C31H31FN4O3/c1-21-15-23(7-8-25(21)30-19-36(20-37)11-14-39-30)29-17-33-28-4-2-3-26(31(28)34-29)22-5-6-24(27(32)16-22)18-35-9-12-38-13-10-35/h2-8,15-17,20,30H,9-14,18-19H2,1H3. The van der Waals surface area contributed by atoms with Gasteiger partial charge >= 0.3 is 0 Å². The predicted octanol–water partition coefficient (Wildman–Crippen LogP) is 4.77. The van der Waals surface area contributed by atoms with E-state index in [1.165, 1.54) is 0 Å². The predicted molar refractivity (Wildman–Crippen MR) is 148 cm³/mol. The highest BCUT2D eigenvalue weighted by molar-refractivity contribution is 5.92. The Morgan fingerprint density at radius 1 is 1.03 bits per heavy atom. The second-order valence-electron chi connectivity index (χ2n) is 10.2. The molecule has 1 amide bonds. The van der Waals surface area contributed by atoms with E-state index in [2.05, 4.69) is 16.0 Å². The summed E-state index contributed by atoms with van der Waals surface area (Å²) >= 11 is 0. The van der Waals surface area contributed by atoms with Crippen LogP contribution in [0.15, 0.2) is 60.8 Å². The monoisotopic (exact) mass is 526 g/mol. The third kappa shape index (κ3) is 5.41. The van der Waals surface area contributed by atoms with E-state index >= 15 is 4.39 Å². The molecular weight excluding hydrogens is 495 g/mol. The quantitative estimate of drug-likeness (QED) is 0.337. The molecule has 200 valence electrons. The SMILES string of the molecule is Cc1cc(-c2cnc3cccc(-c4ccc(CN5CCOCC5)c(F)c4)c3n2)ccc1C1CN(C=O)CCO1. The molecule has 2 aliphatic rings. The summed E-state index contributed by atoms with van der Waals surface area (Å²) in [5.74, 6) is -0.218. The van der Waals surface area contributed by atoms with Crippen LogP contribution in [0.2, 0.25) is 0 Å². The van der Waals surface area contributed by atoms with Gasteiger partial charge in [0.1, 0.15) is 11.9 Å². The molecule has 2 saturated heterocycles. The Labute approximate surface area is 227 Å². The molecular formula is C31H31FN4O3. The van der Waals surface area contributed by atoms with E-state index in [4.69, 9.17) is 14.5 Å². The number of carbonyl (C=O) groups is 1. The lowest BCUT2D eigenvalue weighted by molar-refractivity contribution is -0.125. The molecule has 0 saturated carbocycles. The highest BCUT2D eigenvalue weighted by Gasteiger charge is 2.23. The van der Waals surface area contributed by atoms with Gasteiger partial charge in [-0.2, -0.15) is 0 Å². The van der Waals surface area contributed by atoms with E-state index in [-0.39, 0.29) is 11.9 Å². The van der Waals surface area contributed by atoms with Gasteiger partial charge in [0, 0.05) is 42.9 Å². The van der Waals surface area contributed by atoms with E-state index in [1.54, 1.807) is 17.2 Å². The Balaban J connectivity index is 1.30. The summed E-state index contributed by atoms with van der Waals surface area (Å²) in [4.78, 5) is 24.9. The number of nitrogens with zero attached hydrogens (tertiary/aromatic N) is 4. The fourth-order valence-corrected chi connectivity index (χ4v) is 5.40. The lowest BCUT2D eigenvalue weighted by Crippen LogP contribution is -2.37. The van der Waals surface area contributed by atoms with Crippen LogP contribution >= 0.6 is 0 Å². The molecule has 39 heavy (non-hydrogen) atoms. The van der Waals surface area contributed by atoms with Crippen LogP contribution in [0, 0.1) is 12.7 Å². The fourth-order valence-electron chi connectivity index (χ4n) is 5.40. The molecule has 0 N–H and O–H groups in total. The number of amides is 1. The molecule has 1 aromatic heterocycles. The van der Waals surface area contributed by atoms with Crippen LogP contribution in [0.5, 0.6) is 0 Å². The van der Waals surface area contributed by atoms with Gasteiger partial charge in [-0.25, -0.2) is 9.37 Å². The molecule has 7 nitrogen and oxygen atoms in total. The summed E-state index contributed by atoms with van der Waals surface area (Å²) in [5, 5.41) is 0. The summed E-state index contributed by atoms with van der Waals surface area (Å²) < 4.78 is 26.5. The number of halogens is 1. The summed E-state index contributed by atoms with van der Waals surface area (Å²) in [7, 11) is 0. The number of ether oxygens (including phenoxy) is 2. The molecule has 2 fully saturated rings. The van der Waals surface area contributed by atoms with Crippen molar-refractivity contribution >= 4 is 17.4 Å². The van der Waals surface area contributed by atoms with Crippen LogP contribution in [0.1, 0.15) is 22.8 Å². The van der Waals surface area contributed by atoms with Crippen LogP contribution < -0.4 is 0 Å². The van der Waals surface area contributed by atoms with E-state index in [1.807, 2.05) is 49.4 Å². The van der Waals surface area contributed by atoms with Gasteiger partial charge in [-0.3, -0.25) is 14.7 Å². The number of hydrogen-bond donors (Lipinski definition) is 0. The maximum absolute atomic E-state index is 15.2. The number of rotatable bonds is 6. The molecule has 2 aliphatic heterocycles. The minimum Gasteiger partial charge on any atom is -0.379 e. The molecule has 0 radical (unpaired) electrons. The lowest BCUT2D eigenvalue weighted by Gasteiger charge is -2.31. The van der Waals surface area contributed by atoms with Crippen LogP contribution in [0.4, 0.5) is 4.39 Å². The number of aromatic nitrogens is 2. The molecule has 0 bridgehead atoms. The normalized spacial score (nSPS) is 18.4. The zero-order valence-corrected chi connectivity index (χ0v) is 22.0. The van der Waals surface area contributed by atoms with Crippen LogP contribution in [-0.2, 0) is 20.8 Å². The molecule has 3 heterocycles. The molecule has 3 aromatic carbocycles. The number of carbonyl (C=O) groups excluding carboxylic acids is 1. The number of hydrogen-bond acceptors (Lipinski definition) is 6. The average molecular weight is 527 g/mol. The maximum atomic E-state index is 15.2. The largest absolute Gasteiger partial charge is 0.379 e. The van der Waals surface area contributed by atoms with E-state index in [0.29, 0.717) is 45.0 Å². The molecule has 8 heteroatoms. The van der Waals surface area contributed by atoms with Gasteiger partial charge in [0.15, 0.2) is 0 Å². The Hall–Kier alpha value is -3.72. The van der Waals surface area contributed by atoms with E-state index in [0.717, 1.165) is 64.0 Å². The van der Waals surface area contributed by atoms with Crippen molar-refractivity contribution in [3.63, 3.8) is 0 Å². The molecule has 1 atom stereocenters. The fraction of sp³-hybridized carbons (Fsp3) is 0.323. The topological polar surface area (TPSA) is 67.8 Å². The van der Waals surface area contributed by atoms with Crippen LogP contribution in [0.25, 0.3) is 33.4 Å². The summed E-state index contributed by atoms with van der Waals surface area (Å²) in [6.45, 7) is 7.31. The number of fused-ring (bicyclic) bond motifs is 1. The summed E-state index contributed by atoms with van der Waals surface area (Å²) in [5.41, 5.74) is 7.60. The van der Waals surface area contributed by atoms with Crippen molar-refractivity contribution in [3.8, 4) is 22.4 Å². The van der Waals surface area contributed by atoms with Crippen molar-refractivity contribution < 1.29 is 18.7 Å².